The van der Waals surface area contributed by atoms with Crippen LogP contribution in [-0.4, -0.2) is 28.7 Å². The second kappa shape index (κ2) is 6.02. The Bertz CT molecular complexity index is 877. The zero-order valence-electron chi connectivity index (χ0n) is 15.3. The van der Waals surface area contributed by atoms with Gasteiger partial charge in [-0.1, -0.05) is 30.0 Å². The first kappa shape index (κ1) is 16.4. The highest BCUT2D eigenvalue weighted by molar-refractivity contribution is 5.53. The molecule has 1 saturated heterocycles. The summed E-state index contributed by atoms with van der Waals surface area (Å²) < 4.78 is 0. The van der Waals surface area contributed by atoms with Crippen LogP contribution in [0, 0.1) is 25.7 Å². The van der Waals surface area contributed by atoms with Crippen molar-refractivity contribution in [1.82, 2.24) is 4.90 Å². The number of nitrogens with zero attached hydrogens (tertiary/aromatic N) is 1. The average Bonchev–Trinajstić information content (AvgIpc) is 2.96. The lowest BCUT2D eigenvalue weighted by Gasteiger charge is -2.47. The number of fused-ring (bicyclic) bond motifs is 1. The molecule has 2 nitrogen and oxygen atoms in total. The molecule has 0 bridgehead atoms. The average molecular weight is 331 g/mol. The van der Waals surface area contributed by atoms with Crippen LogP contribution in [0.2, 0.25) is 0 Å². The van der Waals surface area contributed by atoms with Crippen LogP contribution < -0.4 is 0 Å². The van der Waals surface area contributed by atoms with Crippen molar-refractivity contribution >= 4 is 0 Å². The van der Waals surface area contributed by atoms with Gasteiger partial charge in [0.05, 0.1) is 5.60 Å². The number of β-amino-alcohol motifs (C(OH)–C–C–N with tert-alkyl or cyclic N) is 1. The third-order valence-corrected chi connectivity index (χ3v) is 5.55. The fourth-order valence-corrected chi connectivity index (χ4v) is 4.28. The van der Waals surface area contributed by atoms with E-state index in [1.807, 2.05) is 6.92 Å². The first-order chi connectivity index (χ1) is 11.9. The Morgan fingerprint density at radius 1 is 1.12 bits per heavy atom. The molecule has 0 aromatic heterocycles. The molecule has 25 heavy (non-hydrogen) atoms. The van der Waals surface area contributed by atoms with E-state index in [0.717, 1.165) is 37.1 Å². The van der Waals surface area contributed by atoms with E-state index in [9.17, 15) is 5.11 Å². The summed E-state index contributed by atoms with van der Waals surface area (Å²) in [5, 5.41) is 10.0. The molecule has 128 valence electrons. The van der Waals surface area contributed by atoms with Gasteiger partial charge in [0.1, 0.15) is 0 Å². The summed E-state index contributed by atoms with van der Waals surface area (Å²) in [7, 11) is 0. The van der Waals surface area contributed by atoms with Crippen molar-refractivity contribution < 1.29 is 5.11 Å². The summed E-state index contributed by atoms with van der Waals surface area (Å²) in [6, 6.07) is 13.2. The van der Waals surface area contributed by atoms with Crippen LogP contribution in [-0.2, 0) is 6.42 Å². The molecule has 1 heterocycles. The Balaban J connectivity index is 1.60. The molecule has 4 rings (SSSR count). The third-order valence-electron chi connectivity index (χ3n) is 5.55. The Hall–Kier alpha value is -2.08. The summed E-state index contributed by atoms with van der Waals surface area (Å²) in [6.07, 6.45) is 2.27. The van der Waals surface area contributed by atoms with Crippen molar-refractivity contribution in [1.29, 1.82) is 0 Å². The first-order valence-electron chi connectivity index (χ1n) is 9.10. The van der Waals surface area contributed by atoms with Crippen molar-refractivity contribution in [2.75, 3.05) is 13.1 Å². The second-order valence-corrected chi connectivity index (χ2v) is 7.88. The summed E-state index contributed by atoms with van der Waals surface area (Å²) in [5.41, 5.74) is 7.17. The zero-order valence-corrected chi connectivity index (χ0v) is 15.3. The maximum absolute atomic E-state index is 10.0. The van der Waals surface area contributed by atoms with Gasteiger partial charge in [-0.05, 0) is 74.1 Å². The first-order valence-corrected chi connectivity index (χ1v) is 9.10. The van der Waals surface area contributed by atoms with E-state index in [1.54, 1.807) is 0 Å². The lowest BCUT2D eigenvalue weighted by molar-refractivity contribution is -0.103. The highest BCUT2D eigenvalue weighted by atomic mass is 16.3. The molecule has 2 aliphatic rings. The quantitative estimate of drug-likeness (QED) is 0.804. The molecule has 1 fully saturated rings. The fourth-order valence-electron chi connectivity index (χ4n) is 4.28. The second-order valence-electron chi connectivity index (χ2n) is 7.88. The molecule has 0 spiro atoms. The number of hydrogen-bond donors (Lipinski definition) is 1. The van der Waals surface area contributed by atoms with Crippen molar-refractivity contribution in [2.45, 2.75) is 45.3 Å². The third kappa shape index (κ3) is 3.11. The highest BCUT2D eigenvalue weighted by Crippen LogP contribution is 2.41. The van der Waals surface area contributed by atoms with E-state index in [2.05, 4.69) is 67.0 Å². The van der Waals surface area contributed by atoms with Gasteiger partial charge in [0, 0.05) is 30.3 Å². The van der Waals surface area contributed by atoms with Gasteiger partial charge >= 0.3 is 0 Å². The Labute approximate surface area is 150 Å². The monoisotopic (exact) mass is 331 g/mol. The molecule has 1 unspecified atom stereocenters. The van der Waals surface area contributed by atoms with Gasteiger partial charge in [-0.15, -0.1) is 0 Å². The van der Waals surface area contributed by atoms with E-state index in [4.69, 9.17) is 0 Å². The number of hydrogen-bond acceptors (Lipinski definition) is 2. The van der Waals surface area contributed by atoms with Crippen molar-refractivity contribution in [2.24, 2.45) is 0 Å². The largest absolute Gasteiger partial charge is 0.388 e. The van der Waals surface area contributed by atoms with Gasteiger partial charge in [-0.3, -0.25) is 4.90 Å². The summed E-state index contributed by atoms with van der Waals surface area (Å²) in [4.78, 5) is 2.41. The number of rotatable bonds is 1. The predicted octanol–water partition coefficient (Wildman–Crippen LogP) is 3.76. The SMILES string of the molecule is Cc1cccc(C#Cc2ccc3c(c2C)CCC3N2CC(C)(O)C2)c1. The molecule has 2 aromatic carbocycles. The van der Waals surface area contributed by atoms with Gasteiger partial charge in [0.2, 0.25) is 0 Å². The predicted molar refractivity (Wildman–Crippen MR) is 102 cm³/mol. The van der Waals surface area contributed by atoms with Gasteiger partial charge in [0.25, 0.3) is 0 Å². The maximum Gasteiger partial charge on any atom is 0.0872 e. The highest BCUT2D eigenvalue weighted by Gasteiger charge is 2.42. The number of likely N-dealkylation sites (tertiary alicyclic amines) is 1. The van der Waals surface area contributed by atoms with Crippen molar-refractivity contribution in [3.05, 3.63) is 69.8 Å². The van der Waals surface area contributed by atoms with Crippen LogP contribution in [0.1, 0.15) is 52.8 Å². The minimum atomic E-state index is -0.503. The smallest absolute Gasteiger partial charge is 0.0872 e. The molecule has 0 saturated carbocycles. The lowest BCUT2D eigenvalue weighted by Crippen LogP contribution is -2.60. The molecular weight excluding hydrogens is 306 g/mol. The summed E-state index contributed by atoms with van der Waals surface area (Å²) in [6.45, 7) is 7.79. The Morgan fingerprint density at radius 3 is 2.64 bits per heavy atom. The van der Waals surface area contributed by atoms with Crippen LogP contribution in [0.4, 0.5) is 0 Å². The topological polar surface area (TPSA) is 23.5 Å². The molecule has 1 aliphatic carbocycles. The van der Waals surface area contributed by atoms with Crippen LogP contribution >= 0.6 is 0 Å². The van der Waals surface area contributed by atoms with E-state index < -0.39 is 5.60 Å². The number of benzene rings is 2. The normalized spacial score (nSPS) is 21.2. The molecule has 0 amide bonds. The Kier molecular flexibility index (Phi) is 3.95. The van der Waals surface area contributed by atoms with Crippen LogP contribution in [0.25, 0.3) is 0 Å². The molecule has 1 N–H and O–H groups in total. The van der Waals surface area contributed by atoms with E-state index in [1.165, 1.54) is 22.3 Å². The van der Waals surface area contributed by atoms with E-state index in [0.29, 0.717) is 6.04 Å². The van der Waals surface area contributed by atoms with Gasteiger partial charge in [-0.25, -0.2) is 0 Å². The van der Waals surface area contributed by atoms with Crippen LogP contribution in [0.15, 0.2) is 36.4 Å². The summed E-state index contributed by atoms with van der Waals surface area (Å²) in [5.74, 6) is 6.68. The minimum absolute atomic E-state index is 0.465. The maximum atomic E-state index is 10.0. The number of aryl methyl sites for hydroxylation is 1. The van der Waals surface area contributed by atoms with Crippen LogP contribution in [0.5, 0.6) is 0 Å². The molecular formula is C23H25NO. The van der Waals surface area contributed by atoms with Crippen molar-refractivity contribution in [3.8, 4) is 11.8 Å². The molecule has 2 aromatic rings. The molecule has 1 atom stereocenters. The minimum Gasteiger partial charge on any atom is -0.388 e. The number of aliphatic hydroxyl groups is 1. The van der Waals surface area contributed by atoms with Gasteiger partial charge < -0.3 is 5.11 Å². The van der Waals surface area contributed by atoms with Gasteiger partial charge in [-0.2, -0.15) is 0 Å². The van der Waals surface area contributed by atoms with Crippen LogP contribution in [0.3, 0.4) is 0 Å². The van der Waals surface area contributed by atoms with Crippen molar-refractivity contribution in [3.63, 3.8) is 0 Å². The molecule has 2 heteroatoms. The van der Waals surface area contributed by atoms with Gasteiger partial charge in [0.15, 0.2) is 0 Å². The molecule has 1 aliphatic heterocycles. The summed E-state index contributed by atoms with van der Waals surface area (Å²) >= 11 is 0. The van der Waals surface area contributed by atoms with E-state index >= 15 is 0 Å². The zero-order chi connectivity index (χ0) is 17.6. The fraction of sp³-hybridized carbons (Fsp3) is 0.391. The Morgan fingerprint density at radius 2 is 1.92 bits per heavy atom. The molecule has 0 radical (unpaired) electrons. The van der Waals surface area contributed by atoms with E-state index in [-0.39, 0.29) is 0 Å². The lowest BCUT2D eigenvalue weighted by atomic mass is 9.91. The standard InChI is InChI=1S/C23H25NO/c1-16-5-4-6-18(13-16)7-8-19-9-10-21-20(17(19)2)11-12-22(21)24-14-23(3,25)15-24/h4-6,9-10,13,22,25H,11-12,14-15H2,1-3H3.